The lowest BCUT2D eigenvalue weighted by Crippen LogP contribution is -2.47. The Hall–Kier alpha value is -2.37. The number of likely N-dealkylation sites (tertiary alicyclic amines) is 1. The molecular formula is C23H30ClN3O2. The number of hydrogen-bond donors (Lipinski definition) is 1. The van der Waals surface area contributed by atoms with Gasteiger partial charge in [0.25, 0.3) is 5.91 Å². The van der Waals surface area contributed by atoms with Gasteiger partial charge in [0.1, 0.15) is 0 Å². The minimum Gasteiger partial charge on any atom is -0.338 e. The highest BCUT2D eigenvalue weighted by Crippen LogP contribution is 2.22. The molecule has 1 fully saturated rings. The lowest BCUT2D eigenvalue weighted by molar-refractivity contribution is -0.137. The monoisotopic (exact) mass is 415 g/mol. The fourth-order valence-corrected chi connectivity index (χ4v) is 3.74. The van der Waals surface area contributed by atoms with Crippen LogP contribution in [0, 0.1) is 5.92 Å². The Kier molecular flexibility index (Phi) is 9.16. The van der Waals surface area contributed by atoms with E-state index in [1.165, 1.54) is 0 Å². The van der Waals surface area contributed by atoms with Crippen molar-refractivity contribution in [3.63, 3.8) is 0 Å². The second-order valence-corrected chi connectivity index (χ2v) is 7.34. The first-order valence-corrected chi connectivity index (χ1v) is 10.1. The zero-order chi connectivity index (χ0) is 19.8. The summed E-state index contributed by atoms with van der Waals surface area (Å²) in [5, 5.41) is 0. The van der Waals surface area contributed by atoms with E-state index in [2.05, 4.69) is 0 Å². The molecule has 2 amide bonds. The Balaban J connectivity index is 0.00000300. The summed E-state index contributed by atoms with van der Waals surface area (Å²) in [5.74, 6) is -0.0135. The summed E-state index contributed by atoms with van der Waals surface area (Å²) >= 11 is 0. The number of carbonyl (C=O) groups is 2. The maximum absolute atomic E-state index is 13.3. The van der Waals surface area contributed by atoms with E-state index in [4.69, 9.17) is 5.73 Å². The minimum absolute atomic E-state index is 0. The van der Waals surface area contributed by atoms with Gasteiger partial charge < -0.3 is 15.5 Å². The third-order valence-electron chi connectivity index (χ3n) is 5.24. The fourth-order valence-electron chi connectivity index (χ4n) is 3.74. The molecule has 0 bridgehead atoms. The lowest BCUT2D eigenvalue weighted by Gasteiger charge is -2.35. The van der Waals surface area contributed by atoms with Gasteiger partial charge in [0.2, 0.25) is 5.91 Å². The average Bonchev–Trinajstić information content (AvgIpc) is 2.77. The van der Waals surface area contributed by atoms with E-state index < -0.39 is 0 Å². The first-order chi connectivity index (χ1) is 13.7. The number of hydrogen-bond acceptors (Lipinski definition) is 3. The molecule has 0 saturated carbocycles. The van der Waals surface area contributed by atoms with Gasteiger partial charge in [0.15, 0.2) is 0 Å². The predicted octanol–water partition coefficient (Wildman–Crippen LogP) is 3.34. The molecule has 1 aliphatic rings. The van der Waals surface area contributed by atoms with Crippen molar-refractivity contribution < 1.29 is 9.59 Å². The van der Waals surface area contributed by atoms with Crippen LogP contribution < -0.4 is 5.73 Å². The highest BCUT2D eigenvalue weighted by molar-refractivity contribution is 5.94. The molecule has 1 atom stereocenters. The van der Waals surface area contributed by atoms with Crippen molar-refractivity contribution in [2.45, 2.75) is 25.8 Å². The minimum atomic E-state index is -0.150. The molecule has 2 aromatic rings. The van der Waals surface area contributed by atoms with Crippen molar-refractivity contribution in [1.29, 1.82) is 0 Å². The first kappa shape index (κ1) is 22.9. The predicted molar refractivity (Wildman–Crippen MR) is 118 cm³/mol. The third-order valence-corrected chi connectivity index (χ3v) is 5.24. The van der Waals surface area contributed by atoms with Gasteiger partial charge in [-0.15, -0.1) is 12.4 Å². The normalized spacial score (nSPS) is 16.0. The van der Waals surface area contributed by atoms with E-state index in [1.807, 2.05) is 70.5 Å². The number of rotatable bonds is 7. The van der Waals surface area contributed by atoms with Crippen LogP contribution in [0.25, 0.3) is 0 Å². The van der Waals surface area contributed by atoms with Gasteiger partial charge in [-0.2, -0.15) is 0 Å². The van der Waals surface area contributed by atoms with Gasteiger partial charge in [-0.1, -0.05) is 48.5 Å². The van der Waals surface area contributed by atoms with Crippen LogP contribution in [0.4, 0.5) is 0 Å². The number of benzene rings is 2. The van der Waals surface area contributed by atoms with Crippen molar-refractivity contribution in [3.05, 3.63) is 71.8 Å². The highest BCUT2D eigenvalue weighted by atomic mass is 35.5. The maximum Gasteiger partial charge on any atom is 0.253 e. The van der Waals surface area contributed by atoms with E-state index in [1.54, 1.807) is 0 Å². The molecule has 6 heteroatoms. The van der Waals surface area contributed by atoms with Crippen LogP contribution in [0.3, 0.4) is 0 Å². The molecular weight excluding hydrogens is 386 g/mol. The molecule has 1 saturated heterocycles. The molecule has 2 aromatic carbocycles. The zero-order valence-corrected chi connectivity index (χ0v) is 17.5. The molecule has 1 heterocycles. The second-order valence-electron chi connectivity index (χ2n) is 7.34. The van der Waals surface area contributed by atoms with Crippen LogP contribution in [0.5, 0.6) is 0 Å². The standard InChI is InChI=1S/C23H29N3O2.ClH/c24-14-8-16-25(17-19-9-3-1-4-10-19)23(28)21-13-7-15-26(18-21)22(27)20-11-5-2-6-12-20;/h1-6,9-12,21H,7-8,13-18,24H2;1H. The summed E-state index contributed by atoms with van der Waals surface area (Å²) in [6.07, 6.45) is 2.45. The van der Waals surface area contributed by atoms with Crippen molar-refractivity contribution >= 4 is 24.2 Å². The molecule has 5 nitrogen and oxygen atoms in total. The Morgan fingerprint density at radius 2 is 1.69 bits per heavy atom. The highest BCUT2D eigenvalue weighted by Gasteiger charge is 2.31. The van der Waals surface area contributed by atoms with E-state index in [0.717, 1.165) is 24.8 Å². The smallest absolute Gasteiger partial charge is 0.253 e. The second kappa shape index (κ2) is 11.6. The van der Waals surface area contributed by atoms with Gasteiger partial charge >= 0.3 is 0 Å². The summed E-state index contributed by atoms with van der Waals surface area (Å²) in [4.78, 5) is 29.8. The van der Waals surface area contributed by atoms with E-state index in [-0.39, 0.29) is 30.1 Å². The number of nitrogens with zero attached hydrogens (tertiary/aromatic N) is 2. The third kappa shape index (κ3) is 6.31. The van der Waals surface area contributed by atoms with Crippen LogP contribution in [0.2, 0.25) is 0 Å². The zero-order valence-electron chi connectivity index (χ0n) is 16.7. The van der Waals surface area contributed by atoms with Gasteiger partial charge in [-0.3, -0.25) is 9.59 Å². The number of halogens is 1. The summed E-state index contributed by atoms with van der Waals surface area (Å²) in [6.45, 7) is 2.98. The summed E-state index contributed by atoms with van der Waals surface area (Å²) in [6, 6.07) is 19.3. The van der Waals surface area contributed by atoms with Gasteiger partial charge in [-0.25, -0.2) is 0 Å². The molecule has 0 aliphatic carbocycles. The Morgan fingerprint density at radius 3 is 2.34 bits per heavy atom. The Morgan fingerprint density at radius 1 is 1.03 bits per heavy atom. The summed E-state index contributed by atoms with van der Waals surface area (Å²) < 4.78 is 0. The van der Waals surface area contributed by atoms with Crippen molar-refractivity contribution in [3.8, 4) is 0 Å². The van der Waals surface area contributed by atoms with Crippen molar-refractivity contribution in [1.82, 2.24) is 9.80 Å². The molecule has 0 radical (unpaired) electrons. The average molecular weight is 416 g/mol. The number of carbonyl (C=O) groups excluding carboxylic acids is 2. The van der Waals surface area contributed by atoms with Crippen LogP contribution in [-0.4, -0.2) is 47.8 Å². The molecule has 156 valence electrons. The molecule has 1 aliphatic heterocycles. The van der Waals surface area contributed by atoms with Crippen molar-refractivity contribution in [2.75, 3.05) is 26.2 Å². The SMILES string of the molecule is Cl.NCCCN(Cc1ccccc1)C(=O)C1CCCN(C(=O)c2ccccc2)C1. The van der Waals surface area contributed by atoms with E-state index in [0.29, 0.717) is 38.3 Å². The molecule has 1 unspecified atom stereocenters. The Labute approximate surface area is 179 Å². The Bertz CT molecular complexity index is 770. The number of piperidine rings is 1. The maximum atomic E-state index is 13.3. The molecule has 2 N–H and O–H groups in total. The quantitative estimate of drug-likeness (QED) is 0.754. The molecule has 29 heavy (non-hydrogen) atoms. The summed E-state index contributed by atoms with van der Waals surface area (Å²) in [5.41, 5.74) is 7.48. The largest absolute Gasteiger partial charge is 0.338 e. The van der Waals surface area contributed by atoms with Gasteiger partial charge in [0, 0.05) is 31.7 Å². The van der Waals surface area contributed by atoms with Gasteiger partial charge in [-0.05, 0) is 43.5 Å². The number of nitrogens with two attached hydrogens (primary N) is 1. The van der Waals surface area contributed by atoms with Gasteiger partial charge in [0.05, 0.1) is 5.92 Å². The summed E-state index contributed by atoms with van der Waals surface area (Å²) in [7, 11) is 0. The van der Waals surface area contributed by atoms with Crippen LogP contribution in [-0.2, 0) is 11.3 Å². The van der Waals surface area contributed by atoms with Crippen LogP contribution in [0.1, 0.15) is 35.2 Å². The molecule has 0 spiro atoms. The van der Waals surface area contributed by atoms with E-state index >= 15 is 0 Å². The molecule has 3 rings (SSSR count). The topological polar surface area (TPSA) is 66.6 Å². The molecule has 0 aromatic heterocycles. The van der Waals surface area contributed by atoms with E-state index in [9.17, 15) is 9.59 Å². The first-order valence-electron chi connectivity index (χ1n) is 10.1. The van der Waals surface area contributed by atoms with Crippen molar-refractivity contribution in [2.24, 2.45) is 11.7 Å². The van der Waals surface area contributed by atoms with Crippen LogP contribution >= 0.6 is 12.4 Å². The van der Waals surface area contributed by atoms with Crippen LogP contribution in [0.15, 0.2) is 60.7 Å². The fraction of sp³-hybridized carbons (Fsp3) is 0.391. The number of amides is 2. The lowest BCUT2D eigenvalue weighted by atomic mass is 9.95.